The molecule has 18 heavy (non-hydrogen) atoms. The highest BCUT2D eigenvalue weighted by Gasteiger charge is 2.12. The summed E-state index contributed by atoms with van der Waals surface area (Å²) in [5, 5.41) is 0. The van der Waals surface area contributed by atoms with Gasteiger partial charge in [0, 0.05) is 0 Å². The van der Waals surface area contributed by atoms with Crippen molar-refractivity contribution < 1.29 is 0 Å². The molecule has 1 aliphatic carbocycles. The van der Waals surface area contributed by atoms with E-state index in [2.05, 4.69) is 52.8 Å². The molecule has 0 N–H and O–H groups in total. The topological polar surface area (TPSA) is 0 Å². The normalized spacial score (nSPS) is 18.7. The average molecular weight is 246 g/mol. The Morgan fingerprint density at radius 1 is 1.28 bits per heavy atom. The fraction of sp³-hybridized carbons (Fsp3) is 0.667. The van der Waals surface area contributed by atoms with Crippen LogP contribution in [0.4, 0.5) is 0 Å². The highest BCUT2D eigenvalue weighted by atomic mass is 14.2. The third-order valence-electron chi connectivity index (χ3n) is 3.93. The highest BCUT2D eigenvalue weighted by Crippen LogP contribution is 2.30. The van der Waals surface area contributed by atoms with Gasteiger partial charge < -0.3 is 0 Å². The van der Waals surface area contributed by atoms with Crippen LogP contribution in [0, 0.1) is 11.8 Å². The third-order valence-corrected chi connectivity index (χ3v) is 3.93. The number of rotatable bonds is 6. The Bertz CT molecular complexity index is 339. The molecule has 0 saturated heterocycles. The van der Waals surface area contributed by atoms with Crippen molar-refractivity contribution in [2.75, 3.05) is 0 Å². The molecule has 0 bridgehead atoms. The zero-order chi connectivity index (χ0) is 13.5. The van der Waals surface area contributed by atoms with Gasteiger partial charge in [-0.05, 0) is 56.1 Å². The van der Waals surface area contributed by atoms with Crippen LogP contribution < -0.4 is 0 Å². The van der Waals surface area contributed by atoms with Crippen molar-refractivity contribution in [1.82, 2.24) is 0 Å². The summed E-state index contributed by atoms with van der Waals surface area (Å²) in [5.41, 5.74) is 4.64. The van der Waals surface area contributed by atoms with E-state index in [1.54, 1.807) is 11.1 Å². The van der Waals surface area contributed by atoms with Gasteiger partial charge in [0.05, 0.1) is 0 Å². The van der Waals surface area contributed by atoms with Crippen LogP contribution in [-0.4, -0.2) is 0 Å². The summed E-state index contributed by atoms with van der Waals surface area (Å²) in [5.74, 6) is 1.63. The lowest BCUT2D eigenvalue weighted by atomic mass is 9.86. The summed E-state index contributed by atoms with van der Waals surface area (Å²) in [7, 11) is 0. The molecular formula is C18H30. The van der Waals surface area contributed by atoms with Crippen LogP contribution in [0.2, 0.25) is 0 Å². The molecule has 0 heteroatoms. The first-order chi connectivity index (χ1) is 8.54. The minimum atomic E-state index is 0.800. The standard InChI is InChI=1S/C18H30/c1-6-17(13-15(4)12-11-14(2)3)18-10-8-7-9-16(18)5/h6,8,10,14-15H,7,9,11-13H2,1-5H3/b17-6-. The van der Waals surface area contributed by atoms with Gasteiger partial charge in [-0.3, -0.25) is 0 Å². The van der Waals surface area contributed by atoms with E-state index in [9.17, 15) is 0 Å². The van der Waals surface area contributed by atoms with Crippen LogP contribution in [0.15, 0.2) is 34.9 Å². The molecule has 0 saturated carbocycles. The zero-order valence-corrected chi connectivity index (χ0v) is 12.9. The summed E-state index contributed by atoms with van der Waals surface area (Å²) in [6.45, 7) is 11.5. The summed E-state index contributed by atoms with van der Waals surface area (Å²) >= 11 is 0. The fourth-order valence-electron chi connectivity index (χ4n) is 2.64. The Balaban J connectivity index is 2.60. The van der Waals surface area contributed by atoms with Crippen LogP contribution in [0.5, 0.6) is 0 Å². The molecule has 0 aromatic carbocycles. The summed E-state index contributed by atoms with van der Waals surface area (Å²) < 4.78 is 0. The first-order valence-corrected chi connectivity index (χ1v) is 7.56. The second-order valence-electron chi connectivity index (χ2n) is 6.23. The smallest absolute Gasteiger partial charge is 0.0242 e. The van der Waals surface area contributed by atoms with E-state index in [0.717, 1.165) is 11.8 Å². The van der Waals surface area contributed by atoms with E-state index >= 15 is 0 Å². The van der Waals surface area contributed by atoms with Gasteiger partial charge in [0.25, 0.3) is 0 Å². The van der Waals surface area contributed by atoms with E-state index in [4.69, 9.17) is 0 Å². The van der Waals surface area contributed by atoms with Crippen molar-refractivity contribution in [2.24, 2.45) is 11.8 Å². The molecule has 1 atom stereocenters. The maximum atomic E-state index is 2.40. The lowest BCUT2D eigenvalue weighted by molar-refractivity contribution is 0.448. The van der Waals surface area contributed by atoms with E-state index in [1.807, 2.05) is 0 Å². The van der Waals surface area contributed by atoms with Crippen molar-refractivity contribution in [1.29, 1.82) is 0 Å². The molecule has 0 fully saturated rings. The van der Waals surface area contributed by atoms with Gasteiger partial charge in [-0.2, -0.15) is 0 Å². The van der Waals surface area contributed by atoms with E-state index in [-0.39, 0.29) is 0 Å². The van der Waals surface area contributed by atoms with Crippen molar-refractivity contribution in [2.45, 2.75) is 66.7 Å². The summed E-state index contributed by atoms with van der Waals surface area (Å²) in [6, 6.07) is 0. The molecule has 1 rings (SSSR count). The Morgan fingerprint density at radius 3 is 2.56 bits per heavy atom. The second kappa shape index (κ2) is 7.61. The number of hydrogen-bond donors (Lipinski definition) is 0. The van der Waals surface area contributed by atoms with Gasteiger partial charge >= 0.3 is 0 Å². The molecule has 0 aromatic heterocycles. The first-order valence-electron chi connectivity index (χ1n) is 7.56. The molecular weight excluding hydrogens is 216 g/mol. The highest BCUT2D eigenvalue weighted by molar-refractivity contribution is 5.44. The third kappa shape index (κ3) is 4.84. The molecule has 0 radical (unpaired) electrons. The monoisotopic (exact) mass is 246 g/mol. The van der Waals surface area contributed by atoms with Crippen molar-refractivity contribution in [3.63, 3.8) is 0 Å². The predicted molar refractivity (Wildman–Crippen MR) is 82.7 cm³/mol. The Hall–Kier alpha value is -0.780. The van der Waals surface area contributed by atoms with Crippen LogP contribution in [0.1, 0.15) is 66.7 Å². The fourth-order valence-corrected chi connectivity index (χ4v) is 2.64. The first kappa shape index (κ1) is 15.3. The van der Waals surface area contributed by atoms with Crippen LogP contribution in [0.25, 0.3) is 0 Å². The van der Waals surface area contributed by atoms with E-state index < -0.39 is 0 Å². The van der Waals surface area contributed by atoms with Gasteiger partial charge in [0.15, 0.2) is 0 Å². The quantitative estimate of drug-likeness (QED) is 0.534. The Morgan fingerprint density at radius 2 is 2.00 bits per heavy atom. The number of hydrogen-bond acceptors (Lipinski definition) is 0. The summed E-state index contributed by atoms with van der Waals surface area (Å²) in [6.07, 6.45) is 13.4. The lowest BCUT2D eigenvalue weighted by Crippen LogP contribution is -2.03. The second-order valence-corrected chi connectivity index (χ2v) is 6.23. The SMILES string of the molecule is C/C=C(/CC(C)CCC(C)C)C1=C(C)CCC=C1. The van der Waals surface area contributed by atoms with Crippen molar-refractivity contribution in [3.05, 3.63) is 34.9 Å². The molecule has 0 nitrogen and oxygen atoms in total. The maximum absolute atomic E-state index is 2.40. The average Bonchev–Trinajstić information content (AvgIpc) is 2.34. The van der Waals surface area contributed by atoms with Crippen LogP contribution >= 0.6 is 0 Å². The molecule has 0 heterocycles. The Kier molecular flexibility index (Phi) is 6.46. The van der Waals surface area contributed by atoms with E-state index in [1.165, 1.54) is 37.7 Å². The van der Waals surface area contributed by atoms with E-state index in [0.29, 0.717) is 0 Å². The molecule has 102 valence electrons. The Labute approximate surface area is 114 Å². The predicted octanol–water partition coefficient (Wildman–Crippen LogP) is 6.06. The maximum Gasteiger partial charge on any atom is -0.0242 e. The minimum Gasteiger partial charge on any atom is -0.0838 e. The molecule has 0 spiro atoms. The molecule has 0 aliphatic heterocycles. The van der Waals surface area contributed by atoms with Crippen molar-refractivity contribution >= 4 is 0 Å². The van der Waals surface area contributed by atoms with Gasteiger partial charge in [-0.15, -0.1) is 0 Å². The molecule has 1 unspecified atom stereocenters. The summed E-state index contributed by atoms with van der Waals surface area (Å²) in [4.78, 5) is 0. The molecule has 0 amide bonds. The number of allylic oxidation sites excluding steroid dienone is 6. The van der Waals surface area contributed by atoms with Crippen LogP contribution in [0.3, 0.4) is 0 Å². The van der Waals surface area contributed by atoms with Gasteiger partial charge in [0.1, 0.15) is 0 Å². The van der Waals surface area contributed by atoms with Crippen LogP contribution in [-0.2, 0) is 0 Å². The molecule has 0 aromatic rings. The van der Waals surface area contributed by atoms with Crippen molar-refractivity contribution in [3.8, 4) is 0 Å². The van der Waals surface area contributed by atoms with Gasteiger partial charge in [-0.1, -0.05) is 57.4 Å². The largest absolute Gasteiger partial charge is 0.0838 e. The zero-order valence-electron chi connectivity index (χ0n) is 12.9. The van der Waals surface area contributed by atoms with Gasteiger partial charge in [-0.25, -0.2) is 0 Å². The lowest BCUT2D eigenvalue weighted by Gasteiger charge is -2.20. The van der Waals surface area contributed by atoms with Gasteiger partial charge in [0.2, 0.25) is 0 Å². The minimum absolute atomic E-state index is 0.800. The molecule has 1 aliphatic rings.